The molecule has 0 saturated carbocycles. The summed E-state index contributed by atoms with van der Waals surface area (Å²) >= 11 is 0. The third-order valence-corrected chi connectivity index (χ3v) is 5.73. The van der Waals surface area contributed by atoms with Crippen LogP contribution in [-0.4, -0.2) is 44.4 Å². The summed E-state index contributed by atoms with van der Waals surface area (Å²) < 4.78 is 13.2. The molecule has 0 aliphatic heterocycles. The Morgan fingerprint density at radius 2 is 1.97 bits per heavy atom. The normalized spacial score (nSPS) is 11.8. The van der Waals surface area contributed by atoms with E-state index in [-0.39, 0.29) is 23.2 Å². The van der Waals surface area contributed by atoms with Crippen molar-refractivity contribution >= 4 is 22.8 Å². The molecule has 2 N–H and O–H groups in total. The maximum atomic E-state index is 13.4. The second-order valence-electron chi connectivity index (χ2n) is 8.18. The number of aliphatic carboxylic acids is 1. The molecule has 186 valence electrons. The Kier molecular flexibility index (Phi) is 7.43. The van der Waals surface area contributed by atoms with Gasteiger partial charge in [0.25, 0.3) is 5.91 Å². The molecular weight excluding hydrogens is 464 g/mol. The average molecular weight is 491 g/mol. The van der Waals surface area contributed by atoms with Gasteiger partial charge < -0.3 is 19.6 Å². The van der Waals surface area contributed by atoms with Gasteiger partial charge >= 0.3 is 5.97 Å². The van der Waals surface area contributed by atoms with E-state index in [2.05, 4.69) is 15.5 Å². The van der Waals surface area contributed by atoms with E-state index < -0.39 is 17.9 Å². The van der Waals surface area contributed by atoms with Crippen LogP contribution in [0.5, 0.6) is 5.75 Å². The minimum Gasteiger partial charge on any atom is -0.483 e. The number of fused-ring (bicyclic) bond motifs is 1. The van der Waals surface area contributed by atoms with Crippen molar-refractivity contribution in [2.45, 2.75) is 39.2 Å². The second kappa shape index (κ2) is 10.9. The van der Waals surface area contributed by atoms with Gasteiger partial charge in [0.15, 0.2) is 12.4 Å². The molecule has 4 aromatic rings. The van der Waals surface area contributed by atoms with Crippen LogP contribution in [0.25, 0.3) is 28.0 Å². The maximum absolute atomic E-state index is 13.4. The van der Waals surface area contributed by atoms with E-state index in [0.717, 1.165) is 5.69 Å². The number of nitrogens with zero attached hydrogens (tertiary/aromatic N) is 3. The number of amides is 1. The number of carboxylic acids is 1. The highest BCUT2D eigenvalue weighted by molar-refractivity contribution is 5.85. The molecule has 1 amide bonds. The first-order valence-electron chi connectivity index (χ1n) is 11.6. The monoisotopic (exact) mass is 490 g/mol. The van der Waals surface area contributed by atoms with E-state index in [9.17, 15) is 19.5 Å². The van der Waals surface area contributed by atoms with Crippen LogP contribution in [0.2, 0.25) is 0 Å². The summed E-state index contributed by atoms with van der Waals surface area (Å²) in [5.41, 5.74) is 1.78. The zero-order valence-electron chi connectivity index (χ0n) is 19.9. The molecule has 1 atom stereocenters. The summed E-state index contributed by atoms with van der Waals surface area (Å²) in [6.45, 7) is 3.37. The third-order valence-electron chi connectivity index (χ3n) is 5.73. The molecule has 10 nitrogen and oxygen atoms in total. The van der Waals surface area contributed by atoms with Crippen LogP contribution in [0.3, 0.4) is 0 Å². The molecule has 2 aromatic heterocycles. The fourth-order valence-corrected chi connectivity index (χ4v) is 3.89. The summed E-state index contributed by atoms with van der Waals surface area (Å²) in [6.07, 6.45) is 4.33. The van der Waals surface area contributed by atoms with E-state index in [0.29, 0.717) is 41.8 Å². The van der Waals surface area contributed by atoms with Crippen LogP contribution in [-0.2, 0) is 16.0 Å². The van der Waals surface area contributed by atoms with Gasteiger partial charge in [-0.15, -0.1) is 10.2 Å². The van der Waals surface area contributed by atoms with Gasteiger partial charge in [0.05, 0.1) is 5.39 Å². The summed E-state index contributed by atoms with van der Waals surface area (Å²) in [6, 6.07) is 11.7. The number of carbonyl (C=O) groups excluding carboxylic acids is 1. The summed E-state index contributed by atoms with van der Waals surface area (Å²) in [4.78, 5) is 36.9. The molecule has 0 aliphatic rings. The van der Waals surface area contributed by atoms with Gasteiger partial charge in [-0.25, -0.2) is 4.79 Å². The van der Waals surface area contributed by atoms with Crippen molar-refractivity contribution in [2.75, 3.05) is 6.61 Å². The number of hydrogen-bond donors (Lipinski definition) is 2. The van der Waals surface area contributed by atoms with E-state index in [1.54, 1.807) is 16.7 Å². The highest BCUT2D eigenvalue weighted by Gasteiger charge is 2.20. The van der Waals surface area contributed by atoms with Gasteiger partial charge in [-0.1, -0.05) is 38.5 Å². The van der Waals surface area contributed by atoms with Crippen molar-refractivity contribution in [3.05, 3.63) is 70.8 Å². The van der Waals surface area contributed by atoms with Crippen molar-refractivity contribution < 1.29 is 23.8 Å². The largest absolute Gasteiger partial charge is 0.483 e. The highest BCUT2D eigenvalue weighted by atomic mass is 16.5. The number of hydrogen-bond acceptors (Lipinski definition) is 7. The lowest BCUT2D eigenvalue weighted by atomic mass is 10.1. The Morgan fingerprint density at radius 1 is 1.19 bits per heavy atom. The van der Waals surface area contributed by atoms with Gasteiger partial charge in [0, 0.05) is 11.8 Å². The van der Waals surface area contributed by atoms with Crippen molar-refractivity contribution in [2.24, 2.45) is 0 Å². The molecule has 0 radical (unpaired) electrons. The molecule has 0 fully saturated rings. The van der Waals surface area contributed by atoms with Gasteiger partial charge in [-0.2, -0.15) is 0 Å². The lowest BCUT2D eigenvalue weighted by Gasteiger charge is -2.15. The number of rotatable bonds is 10. The smallest absolute Gasteiger partial charge is 0.326 e. The molecule has 4 rings (SSSR count). The SMILES string of the molecule is CCC[C@H](NC(=O)COc1cc2occ(-c3nncn3-c3ccccc3)c(=O)c2cc1CC)C(=O)O. The zero-order chi connectivity index (χ0) is 25.7. The summed E-state index contributed by atoms with van der Waals surface area (Å²) in [5, 5.41) is 20.1. The van der Waals surface area contributed by atoms with Crippen LogP contribution in [0, 0.1) is 0 Å². The molecule has 36 heavy (non-hydrogen) atoms. The standard InChI is InChI=1S/C26H26N4O6/c1-3-8-20(26(33)34)28-23(31)14-36-21-12-22-18(11-16(21)4-2)24(32)19(13-35-22)25-29-27-15-30(25)17-9-6-5-7-10-17/h5-7,9-13,15,20H,3-4,8,14H2,1-2H3,(H,28,31)(H,33,34)/t20-/m0/s1. The summed E-state index contributed by atoms with van der Waals surface area (Å²) in [5.74, 6) is -0.904. The minimum absolute atomic E-state index is 0.259. The van der Waals surface area contributed by atoms with Crippen LogP contribution in [0.4, 0.5) is 0 Å². The van der Waals surface area contributed by atoms with Gasteiger partial charge in [-0.05, 0) is 36.6 Å². The van der Waals surface area contributed by atoms with Crippen molar-refractivity contribution in [1.82, 2.24) is 20.1 Å². The zero-order valence-corrected chi connectivity index (χ0v) is 19.9. The molecule has 0 bridgehead atoms. The Bertz CT molecular complexity index is 1440. The molecular formula is C26H26N4O6. The van der Waals surface area contributed by atoms with E-state index in [1.165, 1.54) is 12.6 Å². The van der Waals surface area contributed by atoms with Gasteiger partial charge in [0.2, 0.25) is 5.43 Å². The topological polar surface area (TPSA) is 137 Å². The Labute approximate surface area is 206 Å². The number of carbonyl (C=O) groups is 2. The second-order valence-corrected chi connectivity index (χ2v) is 8.18. The van der Waals surface area contributed by atoms with Crippen LogP contribution in [0.1, 0.15) is 32.3 Å². The number of ether oxygens (including phenoxy) is 1. The fourth-order valence-electron chi connectivity index (χ4n) is 3.89. The molecule has 10 heteroatoms. The van der Waals surface area contributed by atoms with E-state index in [1.807, 2.05) is 44.2 Å². The number of benzene rings is 2. The predicted molar refractivity (Wildman–Crippen MR) is 132 cm³/mol. The quantitative estimate of drug-likeness (QED) is 0.345. The number of nitrogens with one attached hydrogen (secondary N) is 1. The fraction of sp³-hybridized carbons (Fsp3) is 0.269. The van der Waals surface area contributed by atoms with Crippen molar-refractivity contribution in [3.8, 4) is 22.8 Å². The molecule has 2 aromatic carbocycles. The first-order chi connectivity index (χ1) is 17.4. The van der Waals surface area contributed by atoms with E-state index in [4.69, 9.17) is 9.15 Å². The molecule has 0 aliphatic carbocycles. The van der Waals surface area contributed by atoms with Crippen molar-refractivity contribution in [1.29, 1.82) is 0 Å². The lowest BCUT2D eigenvalue weighted by molar-refractivity contribution is -0.142. The lowest BCUT2D eigenvalue weighted by Crippen LogP contribution is -2.42. The highest BCUT2D eigenvalue weighted by Crippen LogP contribution is 2.27. The Morgan fingerprint density at radius 3 is 2.67 bits per heavy atom. The Balaban J connectivity index is 1.62. The Hall–Kier alpha value is -4.47. The molecule has 0 saturated heterocycles. The van der Waals surface area contributed by atoms with Crippen molar-refractivity contribution in [3.63, 3.8) is 0 Å². The summed E-state index contributed by atoms with van der Waals surface area (Å²) in [7, 11) is 0. The minimum atomic E-state index is -1.09. The average Bonchev–Trinajstić information content (AvgIpc) is 3.37. The van der Waals surface area contributed by atoms with Gasteiger partial charge in [0.1, 0.15) is 35.5 Å². The molecule has 0 unspecified atom stereocenters. The molecule has 0 spiro atoms. The predicted octanol–water partition coefficient (Wildman–Crippen LogP) is 3.35. The number of aromatic nitrogens is 3. The van der Waals surface area contributed by atoms with Crippen LogP contribution < -0.4 is 15.5 Å². The first-order valence-corrected chi connectivity index (χ1v) is 11.6. The third kappa shape index (κ3) is 5.12. The van der Waals surface area contributed by atoms with E-state index >= 15 is 0 Å². The number of para-hydroxylation sites is 1. The first kappa shape index (κ1) is 24.6. The van der Waals surface area contributed by atoms with Crippen LogP contribution in [0.15, 0.2) is 64.3 Å². The number of aryl methyl sites for hydroxylation is 1. The maximum Gasteiger partial charge on any atom is 0.326 e. The van der Waals surface area contributed by atoms with Gasteiger partial charge in [-0.3, -0.25) is 14.2 Å². The molecule has 2 heterocycles. The number of carboxylic acid groups (broad SMARTS) is 1. The van der Waals surface area contributed by atoms with Crippen LogP contribution >= 0.6 is 0 Å².